The number of H-pyrrole nitrogens is 1. The van der Waals surface area contributed by atoms with E-state index in [9.17, 15) is 4.79 Å². The van der Waals surface area contributed by atoms with E-state index >= 15 is 0 Å². The lowest BCUT2D eigenvalue weighted by molar-refractivity contribution is -0.127. The van der Waals surface area contributed by atoms with E-state index in [-0.39, 0.29) is 5.91 Å². The second-order valence-corrected chi connectivity index (χ2v) is 4.70. The number of aromatic nitrogens is 4. The molecule has 0 unspecified atom stereocenters. The van der Waals surface area contributed by atoms with E-state index in [1.807, 2.05) is 12.1 Å². The topological polar surface area (TPSA) is 74.8 Å². The Balaban J connectivity index is 1.81. The molecule has 0 spiro atoms. The van der Waals surface area contributed by atoms with Crippen molar-refractivity contribution >= 4 is 17.7 Å². The quantitative estimate of drug-likeness (QED) is 0.813. The highest BCUT2D eigenvalue weighted by molar-refractivity contribution is 8.00. The van der Waals surface area contributed by atoms with Gasteiger partial charge in [0.25, 0.3) is 0 Å². The summed E-state index contributed by atoms with van der Waals surface area (Å²) < 4.78 is 0. The average molecular weight is 263 g/mol. The van der Waals surface area contributed by atoms with Crippen LogP contribution in [0.4, 0.5) is 0 Å². The van der Waals surface area contributed by atoms with Gasteiger partial charge in [0.15, 0.2) is 0 Å². The predicted molar refractivity (Wildman–Crippen MR) is 67.8 cm³/mol. The lowest BCUT2D eigenvalue weighted by Gasteiger charge is -2.15. The van der Waals surface area contributed by atoms with Gasteiger partial charge in [0, 0.05) is 24.3 Å². The van der Waals surface area contributed by atoms with Crippen molar-refractivity contribution in [3.05, 3.63) is 36.7 Å². The fraction of sp³-hybridized carbons (Fsp3) is 0.273. The summed E-state index contributed by atoms with van der Waals surface area (Å²) in [5, 5.41) is 6.47. The van der Waals surface area contributed by atoms with Crippen molar-refractivity contribution < 1.29 is 4.79 Å². The van der Waals surface area contributed by atoms with Gasteiger partial charge in [-0.25, -0.2) is 4.98 Å². The van der Waals surface area contributed by atoms with Crippen LogP contribution in [0.2, 0.25) is 0 Å². The summed E-state index contributed by atoms with van der Waals surface area (Å²) in [4.78, 5) is 22.4. The highest BCUT2D eigenvalue weighted by Gasteiger charge is 2.10. The highest BCUT2D eigenvalue weighted by atomic mass is 32.2. The number of amides is 1. The molecule has 0 aliphatic heterocycles. The number of aromatic amines is 1. The van der Waals surface area contributed by atoms with Crippen molar-refractivity contribution in [2.75, 3.05) is 12.8 Å². The Morgan fingerprint density at radius 1 is 1.44 bits per heavy atom. The van der Waals surface area contributed by atoms with Gasteiger partial charge in [-0.1, -0.05) is 0 Å². The molecule has 2 rings (SSSR count). The minimum absolute atomic E-state index is 0.0493. The molecule has 0 radical (unpaired) electrons. The Kier molecular flexibility index (Phi) is 4.30. The van der Waals surface area contributed by atoms with Crippen LogP contribution in [0.1, 0.15) is 5.82 Å². The molecule has 2 heterocycles. The molecule has 1 amide bonds. The normalized spacial score (nSPS) is 10.3. The zero-order valence-corrected chi connectivity index (χ0v) is 10.7. The molecule has 7 heteroatoms. The number of thioether (sulfide) groups is 1. The van der Waals surface area contributed by atoms with E-state index in [1.54, 1.807) is 24.3 Å². The Morgan fingerprint density at radius 3 is 2.89 bits per heavy atom. The third-order valence-corrected chi connectivity index (χ3v) is 3.29. The third kappa shape index (κ3) is 3.56. The predicted octanol–water partition coefficient (Wildman–Crippen LogP) is 0.950. The van der Waals surface area contributed by atoms with Gasteiger partial charge in [-0.3, -0.25) is 14.9 Å². The van der Waals surface area contributed by atoms with E-state index in [1.165, 1.54) is 18.1 Å². The van der Waals surface area contributed by atoms with Gasteiger partial charge in [0.1, 0.15) is 12.2 Å². The van der Waals surface area contributed by atoms with E-state index in [0.29, 0.717) is 18.1 Å². The first-order valence-electron chi connectivity index (χ1n) is 5.37. The van der Waals surface area contributed by atoms with Gasteiger partial charge < -0.3 is 4.90 Å². The molecule has 6 nitrogen and oxygen atoms in total. The van der Waals surface area contributed by atoms with E-state index in [2.05, 4.69) is 20.2 Å². The first-order valence-corrected chi connectivity index (χ1v) is 6.35. The van der Waals surface area contributed by atoms with Crippen molar-refractivity contribution in [1.82, 2.24) is 25.1 Å². The van der Waals surface area contributed by atoms with Crippen molar-refractivity contribution in [3.8, 4) is 0 Å². The van der Waals surface area contributed by atoms with Gasteiger partial charge in [-0.15, -0.1) is 11.8 Å². The minimum Gasteiger partial charge on any atom is -0.338 e. The van der Waals surface area contributed by atoms with Crippen LogP contribution in [0.15, 0.2) is 35.7 Å². The first kappa shape index (κ1) is 12.6. The highest BCUT2D eigenvalue weighted by Crippen LogP contribution is 2.16. The van der Waals surface area contributed by atoms with E-state index < -0.39 is 0 Å². The zero-order valence-electron chi connectivity index (χ0n) is 9.91. The summed E-state index contributed by atoms with van der Waals surface area (Å²) in [6.45, 7) is 0.440. The standard InChI is InChI=1S/C11H13N5OS/c1-16(6-10-13-8-14-15-10)11(17)7-18-9-2-4-12-5-3-9/h2-5,8H,6-7H2,1H3,(H,13,14,15). The third-order valence-electron chi connectivity index (χ3n) is 2.29. The maximum atomic E-state index is 11.9. The molecule has 18 heavy (non-hydrogen) atoms. The average Bonchev–Trinajstić information content (AvgIpc) is 2.90. The molecule has 0 aliphatic carbocycles. The van der Waals surface area contributed by atoms with Crippen LogP contribution in [0, 0.1) is 0 Å². The number of nitrogens with zero attached hydrogens (tertiary/aromatic N) is 4. The van der Waals surface area contributed by atoms with Crippen LogP contribution in [0.5, 0.6) is 0 Å². The number of hydrogen-bond acceptors (Lipinski definition) is 5. The van der Waals surface area contributed by atoms with Gasteiger partial charge in [0.05, 0.1) is 12.3 Å². The SMILES string of the molecule is CN(Cc1ncn[nH]1)C(=O)CSc1ccncc1. The smallest absolute Gasteiger partial charge is 0.233 e. The Hall–Kier alpha value is -1.89. The number of rotatable bonds is 5. The number of carbonyl (C=O) groups is 1. The van der Waals surface area contributed by atoms with Crippen molar-refractivity contribution in [2.24, 2.45) is 0 Å². The molecule has 0 atom stereocenters. The van der Waals surface area contributed by atoms with Crippen LogP contribution in [0.25, 0.3) is 0 Å². The molecule has 0 fully saturated rings. The Bertz CT molecular complexity index is 487. The summed E-state index contributed by atoms with van der Waals surface area (Å²) in [5.74, 6) is 1.13. The van der Waals surface area contributed by atoms with Gasteiger partial charge >= 0.3 is 0 Å². The maximum Gasteiger partial charge on any atom is 0.233 e. The van der Waals surface area contributed by atoms with Gasteiger partial charge in [-0.05, 0) is 12.1 Å². The molecule has 0 bridgehead atoms. The summed E-state index contributed by atoms with van der Waals surface area (Å²) in [7, 11) is 1.75. The number of pyridine rings is 1. The molecular formula is C11H13N5OS. The lowest BCUT2D eigenvalue weighted by atomic mass is 10.5. The Morgan fingerprint density at radius 2 is 2.22 bits per heavy atom. The Labute approximate surface area is 109 Å². The van der Waals surface area contributed by atoms with Crippen molar-refractivity contribution in [1.29, 1.82) is 0 Å². The molecule has 0 aliphatic rings. The summed E-state index contributed by atoms with van der Waals surface area (Å²) >= 11 is 1.49. The van der Waals surface area contributed by atoms with Crippen LogP contribution in [0.3, 0.4) is 0 Å². The molecule has 1 N–H and O–H groups in total. The van der Waals surface area contributed by atoms with Crippen molar-refractivity contribution in [2.45, 2.75) is 11.4 Å². The van der Waals surface area contributed by atoms with Crippen LogP contribution in [-0.2, 0) is 11.3 Å². The fourth-order valence-electron chi connectivity index (χ4n) is 1.31. The summed E-state index contributed by atoms with van der Waals surface area (Å²) in [5.41, 5.74) is 0. The second kappa shape index (κ2) is 6.15. The molecule has 94 valence electrons. The molecule has 2 aromatic rings. The molecule has 2 aromatic heterocycles. The summed E-state index contributed by atoms with van der Waals surface area (Å²) in [6.07, 6.45) is 4.86. The largest absolute Gasteiger partial charge is 0.338 e. The van der Waals surface area contributed by atoms with Crippen LogP contribution in [-0.4, -0.2) is 43.8 Å². The summed E-state index contributed by atoms with van der Waals surface area (Å²) in [6, 6.07) is 3.77. The number of carbonyl (C=O) groups excluding carboxylic acids is 1. The van der Waals surface area contributed by atoms with Gasteiger partial charge in [0.2, 0.25) is 5.91 Å². The molecule has 0 aromatic carbocycles. The second-order valence-electron chi connectivity index (χ2n) is 3.65. The minimum atomic E-state index is 0.0493. The molecule has 0 saturated heterocycles. The maximum absolute atomic E-state index is 11.9. The molecular weight excluding hydrogens is 250 g/mol. The fourth-order valence-corrected chi connectivity index (χ4v) is 2.13. The molecule has 0 saturated carbocycles. The first-order chi connectivity index (χ1) is 8.75. The monoisotopic (exact) mass is 263 g/mol. The number of nitrogens with one attached hydrogen (secondary N) is 1. The van der Waals surface area contributed by atoms with Gasteiger partial charge in [-0.2, -0.15) is 5.10 Å². The van der Waals surface area contributed by atoms with Crippen molar-refractivity contribution in [3.63, 3.8) is 0 Å². The lowest BCUT2D eigenvalue weighted by Crippen LogP contribution is -2.28. The van der Waals surface area contributed by atoms with E-state index in [0.717, 1.165) is 4.90 Å². The zero-order chi connectivity index (χ0) is 12.8. The van der Waals surface area contributed by atoms with Crippen LogP contribution >= 0.6 is 11.8 Å². The van der Waals surface area contributed by atoms with Crippen LogP contribution < -0.4 is 0 Å². The number of hydrogen-bond donors (Lipinski definition) is 1. The van der Waals surface area contributed by atoms with E-state index in [4.69, 9.17) is 0 Å².